The van der Waals surface area contributed by atoms with Crippen molar-refractivity contribution in [2.75, 3.05) is 7.11 Å². The first-order chi connectivity index (χ1) is 15.1. The molecule has 1 aliphatic rings. The molecule has 0 radical (unpaired) electrons. The number of hydrogen-bond acceptors (Lipinski definition) is 6. The quantitative estimate of drug-likeness (QED) is 0.349. The highest BCUT2D eigenvalue weighted by Gasteiger charge is 2.35. The van der Waals surface area contributed by atoms with Gasteiger partial charge >= 0.3 is 5.97 Å². The maximum absolute atomic E-state index is 12.4. The molecule has 0 aromatic heterocycles. The van der Waals surface area contributed by atoms with Gasteiger partial charge in [-0.05, 0) is 42.0 Å². The molecule has 154 valence electrons. The molecule has 0 atom stereocenters. The van der Waals surface area contributed by atoms with Crippen LogP contribution in [0.3, 0.4) is 0 Å². The summed E-state index contributed by atoms with van der Waals surface area (Å²) in [6.45, 7) is 0.263. The van der Waals surface area contributed by atoms with Crippen molar-refractivity contribution < 1.29 is 23.9 Å². The molecule has 3 aromatic rings. The lowest BCUT2D eigenvalue weighted by atomic mass is 10.1. The minimum absolute atomic E-state index is 0.263. The van der Waals surface area contributed by atoms with E-state index in [0.29, 0.717) is 28.0 Å². The summed E-state index contributed by atoms with van der Waals surface area (Å²) in [5.74, 6) is -0.774. The van der Waals surface area contributed by atoms with Gasteiger partial charge in [0.1, 0.15) is 12.4 Å². The van der Waals surface area contributed by atoms with Crippen molar-refractivity contribution >= 4 is 24.0 Å². The van der Waals surface area contributed by atoms with Crippen LogP contribution in [0.5, 0.6) is 5.75 Å². The second kappa shape index (κ2) is 8.62. The molecule has 0 aliphatic carbocycles. The SMILES string of the molecule is COC(=O)c1ccc(COc2ccccc2/C=N\N2C(=O)c3ccccc3C2=O)cc1. The number of fused-ring (bicyclic) bond motifs is 1. The Morgan fingerprint density at radius 2 is 1.52 bits per heavy atom. The van der Waals surface area contributed by atoms with E-state index in [9.17, 15) is 14.4 Å². The molecule has 0 N–H and O–H groups in total. The minimum Gasteiger partial charge on any atom is -0.488 e. The zero-order valence-electron chi connectivity index (χ0n) is 16.6. The van der Waals surface area contributed by atoms with E-state index in [0.717, 1.165) is 10.6 Å². The topological polar surface area (TPSA) is 85.3 Å². The lowest BCUT2D eigenvalue weighted by molar-refractivity contribution is 0.0598. The number of carbonyl (C=O) groups is 3. The Labute approximate surface area is 178 Å². The maximum atomic E-state index is 12.4. The Bertz CT molecular complexity index is 1150. The molecule has 7 heteroatoms. The number of hydrazone groups is 1. The van der Waals surface area contributed by atoms with Crippen molar-refractivity contribution in [2.24, 2.45) is 5.10 Å². The number of esters is 1. The molecule has 3 aromatic carbocycles. The molecule has 1 heterocycles. The summed E-state index contributed by atoms with van der Waals surface area (Å²) in [5.41, 5.74) is 2.61. The number of imide groups is 1. The highest BCUT2D eigenvalue weighted by atomic mass is 16.5. The summed E-state index contributed by atoms with van der Waals surface area (Å²) < 4.78 is 10.6. The fourth-order valence-corrected chi connectivity index (χ4v) is 3.14. The van der Waals surface area contributed by atoms with E-state index in [2.05, 4.69) is 9.84 Å². The second-order valence-electron chi connectivity index (χ2n) is 6.73. The van der Waals surface area contributed by atoms with Gasteiger partial charge in [-0.1, -0.05) is 36.4 Å². The number of para-hydroxylation sites is 1. The van der Waals surface area contributed by atoms with Crippen LogP contribution in [-0.4, -0.2) is 36.1 Å². The van der Waals surface area contributed by atoms with Crippen molar-refractivity contribution in [1.29, 1.82) is 0 Å². The number of rotatable bonds is 6. The van der Waals surface area contributed by atoms with E-state index < -0.39 is 17.8 Å². The predicted molar refractivity (Wildman–Crippen MR) is 113 cm³/mol. The lowest BCUT2D eigenvalue weighted by Gasteiger charge is -2.10. The van der Waals surface area contributed by atoms with E-state index in [-0.39, 0.29) is 6.61 Å². The Hall–Kier alpha value is -4.26. The normalized spacial score (nSPS) is 12.9. The summed E-state index contributed by atoms with van der Waals surface area (Å²) >= 11 is 0. The number of benzene rings is 3. The summed E-state index contributed by atoms with van der Waals surface area (Å²) in [6.07, 6.45) is 1.43. The van der Waals surface area contributed by atoms with Crippen LogP contribution in [0, 0.1) is 0 Å². The molecule has 1 aliphatic heterocycles. The lowest BCUT2D eigenvalue weighted by Crippen LogP contribution is -2.24. The summed E-state index contributed by atoms with van der Waals surface area (Å²) in [5, 5.41) is 4.96. The van der Waals surface area contributed by atoms with E-state index in [1.165, 1.54) is 13.3 Å². The number of amides is 2. The molecule has 31 heavy (non-hydrogen) atoms. The fourth-order valence-electron chi connectivity index (χ4n) is 3.14. The third-order valence-electron chi connectivity index (χ3n) is 4.77. The first-order valence-corrected chi connectivity index (χ1v) is 9.49. The third-order valence-corrected chi connectivity index (χ3v) is 4.77. The van der Waals surface area contributed by atoms with Crippen LogP contribution in [0.2, 0.25) is 0 Å². The van der Waals surface area contributed by atoms with Gasteiger partial charge in [0, 0.05) is 5.56 Å². The largest absolute Gasteiger partial charge is 0.488 e. The zero-order valence-corrected chi connectivity index (χ0v) is 16.6. The third kappa shape index (κ3) is 4.06. The predicted octanol–water partition coefficient (Wildman–Crippen LogP) is 3.68. The van der Waals surface area contributed by atoms with Crippen LogP contribution in [0.15, 0.2) is 77.9 Å². The van der Waals surface area contributed by atoms with Crippen molar-refractivity contribution in [1.82, 2.24) is 5.01 Å². The monoisotopic (exact) mass is 414 g/mol. The van der Waals surface area contributed by atoms with Crippen LogP contribution >= 0.6 is 0 Å². The minimum atomic E-state index is -0.457. The Balaban J connectivity index is 1.47. The molecule has 4 rings (SSSR count). The van der Waals surface area contributed by atoms with Crippen molar-refractivity contribution in [3.05, 3.63) is 101 Å². The molecule has 0 fully saturated rings. The van der Waals surface area contributed by atoms with Gasteiger partial charge in [0.05, 0.1) is 30.0 Å². The number of ether oxygens (including phenoxy) is 2. The van der Waals surface area contributed by atoms with E-state index >= 15 is 0 Å². The molecule has 0 saturated heterocycles. The number of hydrogen-bond donors (Lipinski definition) is 0. The first-order valence-electron chi connectivity index (χ1n) is 9.49. The zero-order chi connectivity index (χ0) is 21.8. The van der Waals surface area contributed by atoms with E-state index in [1.54, 1.807) is 60.7 Å². The van der Waals surface area contributed by atoms with Gasteiger partial charge in [-0.3, -0.25) is 9.59 Å². The van der Waals surface area contributed by atoms with Gasteiger partial charge in [-0.2, -0.15) is 10.1 Å². The number of methoxy groups -OCH3 is 1. The Morgan fingerprint density at radius 3 is 2.16 bits per heavy atom. The van der Waals surface area contributed by atoms with Crippen LogP contribution in [0.1, 0.15) is 42.2 Å². The molecule has 0 spiro atoms. The second-order valence-corrected chi connectivity index (χ2v) is 6.73. The van der Waals surface area contributed by atoms with Crippen LogP contribution < -0.4 is 4.74 Å². The van der Waals surface area contributed by atoms with Gasteiger partial charge in [0.2, 0.25) is 0 Å². The molecule has 0 saturated carbocycles. The van der Waals surface area contributed by atoms with Crippen molar-refractivity contribution in [3.8, 4) is 5.75 Å². The van der Waals surface area contributed by atoms with Gasteiger partial charge in [-0.25, -0.2) is 4.79 Å². The highest BCUT2D eigenvalue weighted by molar-refractivity contribution is 6.21. The van der Waals surface area contributed by atoms with Crippen LogP contribution in [0.4, 0.5) is 0 Å². The highest BCUT2D eigenvalue weighted by Crippen LogP contribution is 2.23. The molecular formula is C24H18N2O5. The fraction of sp³-hybridized carbons (Fsp3) is 0.0833. The van der Waals surface area contributed by atoms with Gasteiger partial charge < -0.3 is 9.47 Å². The van der Waals surface area contributed by atoms with Gasteiger partial charge in [0.15, 0.2) is 0 Å². The van der Waals surface area contributed by atoms with E-state index in [4.69, 9.17) is 4.74 Å². The Kier molecular flexibility index (Phi) is 5.57. The average molecular weight is 414 g/mol. The smallest absolute Gasteiger partial charge is 0.337 e. The molecule has 7 nitrogen and oxygen atoms in total. The van der Waals surface area contributed by atoms with Crippen LogP contribution in [0.25, 0.3) is 0 Å². The average Bonchev–Trinajstić information content (AvgIpc) is 3.06. The molecule has 2 amide bonds. The summed E-state index contributed by atoms with van der Waals surface area (Å²) in [4.78, 5) is 36.4. The van der Waals surface area contributed by atoms with Crippen molar-refractivity contribution in [2.45, 2.75) is 6.61 Å². The van der Waals surface area contributed by atoms with Gasteiger partial charge in [-0.15, -0.1) is 0 Å². The molecular weight excluding hydrogens is 396 g/mol. The van der Waals surface area contributed by atoms with Crippen LogP contribution in [-0.2, 0) is 11.3 Å². The summed E-state index contributed by atoms with van der Waals surface area (Å²) in [7, 11) is 1.33. The molecule has 0 bridgehead atoms. The maximum Gasteiger partial charge on any atom is 0.337 e. The first kappa shape index (κ1) is 20.0. The molecule has 0 unspecified atom stereocenters. The number of carbonyl (C=O) groups excluding carboxylic acids is 3. The van der Waals surface area contributed by atoms with E-state index in [1.807, 2.05) is 12.1 Å². The summed E-state index contributed by atoms with van der Waals surface area (Å²) in [6, 6.07) is 20.7. The van der Waals surface area contributed by atoms with Gasteiger partial charge in [0.25, 0.3) is 11.8 Å². The van der Waals surface area contributed by atoms with Crippen molar-refractivity contribution in [3.63, 3.8) is 0 Å². The number of nitrogens with zero attached hydrogens (tertiary/aromatic N) is 2. The Morgan fingerprint density at radius 1 is 0.903 bits per heavy atom. The standard InChI is InChI=1S/C24H18N2O5/c1-30-24(29)17-12-10-16(11-13-17)15-31-21-9-5-2-6-18(21)14-25-26-22(27)19-7-3-4-8-20(19)23(26)28/h2-14H,15H2,1H3/b25-14-.